The van der Waals surface area contributed by atoms with Gasteiger partial charge in [-0.1, -0.05) is 48.5 Å². The Kier molecular flexibility index (Phi) is 6.22. The van der Waals surface area contributed by atoms with Crippen molar-refractivity contribution < 1.29 is 9.59 Å². The Morgan fingerprint density at radius 3 is 2.52 bits per heavy atom. The van der Waals surface area contributed by atoms with Crippen LogP contribution in [0.15, 0.2) is 60.7 Å². The SMILES string of the molecule is O=C(Nc1ccccc1)C(=O)N1CCCC(C2NNCC2Cc2ccccc2)C1. The van der Waals surface area contributed by atoms with Crippen molar-refractivity contribution in [3.63, 3.8) is 0 Å². The van der Waals surface area contributed by atoms with Crippen molar-refractivity contribution in [2.75, 3.05) is 25.0 Å². The van der Waals surface area contributed by atoms with Crippen LogP contribution < -0.4 is 16.2 Å². The molecule has 2 aliphatic heterocycles. The van der Waals surface area contributed by atoms with Gasteiger partial charge in [0.15, 0.2) is 0 Å². The third-order valence-corrected chi connectivity index (χ3v) is 5.96. The number of para-hydroxylation sites is 1. The van der Waals surface area contributed by atoms with Crippen LogP contribution in [0.4, 0.5) is 5.69 Å². The topological polar surface area (TPSA) is 73.5 Å². The molecule has 0 aliphatic carbocycles. The van der Waals surface area contributed by atoms with Crippen LogP contribution in [0.25, 0.3) is 0 Å². The summed E-state index contributed by atoms with van der Waals surface area (Å²) in [6.45, 7) is 2.17. The number of hydrogen-bond acceptors (Lipinski definition) is 4. The summed E-state index contributed by atoms with van der Waals surface area (Å²) in [5.41, 5.74) is 8.72. The van der Waals surface area contributed by atoms with Crippen LogP contribution in [0.1, 0.15) is 18.4 Å². The Morgan fingerprint density at radius 2 is 1.76 bits per heavy atom. The summed E-state index contributed by atoms with van der Waals surface area (Å²) < 4.78 is 0. The second-order valence-electron chi connectivity index (χ2n) is 7.97. The van der Waals surface area contributed by atoms with Crippen molar-refractivity contribution >= 4 is 17.5 Å². The fraction of sp³-hybridized carbons (Fsp3) is 0.391. The van der Waals surface area contributed by atoms with Crippen molar-refractivity contribution in [1.29, 1.82) is 0 Å². The van der Waals surface area contributed by atoms with Crippen molar-refractivity contribution in [3.8, 4) is 0 Å². The Morgan fingerprint density at radius 1 is 1.03 bits per heavy atom. The lowest BCUT2D eigenvalue weighted by Crippen LogP contribution is -2.51. The first-order valence-electron chi connectivity index (χ1n) is 10.4. The van der Waals surface area contributed by atoms with Crippen molar-refractivity contribution in [3.05, 3.63) is 66.2 Å². The van der Waals surface area contributed by atoms with Gasteiger partial charge in [0.25, 0.3) is 0 Å². The van der Waals surface area contributed by atoms with Crippen LogP contribution in [-0.4, -0.2) is 42.4 Å². The number of piperidine rings is 1. The highest BCUT2D eigenvalue weighted by molar-refractivity contribution is 6.39. The molecule has 2 aromatic carbocycles. The lowest BCUT2D eigenvalue weighted by molar-refractivity contribution is -0.144. The maximum Gasteiger partial charge on any atom is 0.313 e. The smallest absolute Gasteiger partial charge is 0.313 e. The van der Waals surface area contributed by atoms with E-state index >= 15 is 0 Å². The number of amides is 2. The molecule has 0 spiro atoms. The van der Waals surface area contributed by atoms with Gasteiger partial charge in [0.1, 0.15) is 0 Å². The molecule has 3 unspecified atom stereocenters. The fourth-order valence-corrected chi connectivity index (χ4v) is 4.51. The number of likely N-dealkylation sites (tertiary alicyclic amines) is 1. The lowest BCUT2D eigenvalue weighted by Gasteiger charge is -2.37. The molecule has 4 rings (SSSR count). The van der Waals surface area contributed by atoms with Crippen LogP contribution in [0.5, 0.6) is 0 Å². The van der Waals surface area contributed by atoms with Gasteiger partial charge in [-0.25, -0.2) is 0 Å². The molecule has 0 saturated carbocycles. The minimum absolute atomic E-state index is 0.294. The summed E-state index contributed by atoms with van der Waals surface area (Å²) in [6.07, 6.45) is 2.99. The molecule has 3 N–H and O–H groups in total. The number of hydrazine groups is 1. The Hall–Kier alpha value is -2.70. The van der Waals surface area contributed by atoms with E-state index in [1.807, 2.05) is 24.3 Å². The minimum Gasteiger partial charge on any atom is -0.334 e. The lowest BCUT2D eigenvalue weighted by atomic mass is 9.81. The average Bonchev–Trinajstić information content (AvgIpc) is 3.23. The van der Waals surface area contributed by atoms with Crippen molar-refractivity contribution in [2.24, 2.45) is 11.8 Å². The highest BCUT2D eigenvalue weighted by Gasteiger charge is 2.37. The van der Waals surface area contributed by atoms with E-state index in [2.05, 4.69) is 40.4 Å². The molecule has 2 fully saturated rings. The summed E-state index contributed by atoms with van der Waals surface area (Å²) in [6, 6.07) is 19.9. The monoisotopic (exact) mass is 392 g/mol. The Balaban J connectivity index is 1.37. The van der Waals surface area contributed by atoms with Gasteiger partial charge in [0, 0.05) is 31.4 Å². The predicted octanol–water partition coefficient (Wildman–Crippen LogP) is 2.20. The van der Waals surface area contributed by atoms with Crippen LogP contribution in [0.2, 0.25) is 0 Å². The number of nitrogens with one attached hydrogen (secondary N) is 3. The number of rotatable bonds is 4. The summed E-state index contributed by atoms with van der Waals surface area (Å²) in [5.74, 6) is -0.198. The maximum absolute atomic E-state index is 12.7. The number of anilines is 1. The van der Waals surface area contributed by atoms with Gasteiger partial charge in [0.05, 0.1) is 0 Å². The zero-order valence-electron chi connectivity index (χ0n) is 16.5. The summed E-state index contributed by atoms with van der Waals surface area (Å²) in [4.78, 5) is 26.8. The maximum atomic E-state index is 12.7. The normalized spacial score (nSPS) is 24.3. The number of carbonyl (C=O) groups is 2. The predicted molar refractivity (Wildman–Crippen MR) is 113 cm³/mol. The molecule has 6 heteroatoms. The molecule has 2 aliphatic rings. The van der Waals surface area contributed by atoms with Crippen molar-refractivity contribution in [1.82, 2.24) is 15.8 Å². The zero-order chi connectivity index (χ0) is 20.1. The van der Waals surface area contributed by atoms with Gasteiger partial charge in [-0.15, -0.1) is 0 Å². The number of hydrogen-bond donors (Lipinski definition) is 3. The van der Waals surface area contributed by atoms with Crippen molar-refractivity contribution in [2.45, 2.75) is 25.3 Å². The van der Waals surface area contributed by atoms with Crippen LogP contribution in [-0.2, 0) is 16.0 Å². The number of nitrogens with zero attached hydrogens (tertiary/aromatic N) is 1. The van der Waals surface area contributed by atoms with Gasteiger partial charge in [-0.3, -0.25) is 20.4 Å². The molecule has 0 bridgehead atoms. The van der Waals surface area contributed by atoms with E-state index in [0.717, 1.165) is 25.8 Å². The molecular weight excluding hydrogens is 364 g/mol. The van der Waals surface area contributed by atoms with Crippen LogP contribution in [0, 0.1) is 11.8 Å². The molecule has 29 heavy (non-hydrogen) atoms. The largest absolute Gasteiger partial charge is 0.334 e. The van der Waals surface area contributed by atoms with E-state index in [9.17, 15) is 9.59 Å². The van der Waals surface area contributed by atoms with Crippen LogP contribution >= 0.6 is 0 Å². The average molecular weight is 393 g/mol. The van der Waals surface area contributed by atoms with E-state index in [4.69, 9.17) is 0 Å². The Labute approximate surface area is 171 Å². The Bertz CT molecular complexity index is 827. The first-order valence-corrected chi connectivity index (χ1v) is 10.4. The number of carbonyl (C=O) groups excluding carboxylic acids is 2. The molecule has 6 nitrogen and oxygen atoms in total. The summed E-state index contributed by atoms with van der Waals surface area (Å²) in [7, 11) is 0. The molecule has 0 radical (unpaired) electrons. The van der Waals surface area contributed by atoms with E-state index < -0.39 is 11.8 Å². The molecule has 3 atom stereocenters. The van der Waals surface area contributed by atoms with Gasteiger partial charge in [0.2, 0.25) is 0 Å². The quantitative estimate of drug-likeness (QED) is 0.698. The first-order chi connectivity index (χ1) is 14.2. The second-order valence-corrected chi connectivity index (χ2v) is 7.97. The summed E-state index contributed by atoms with van der Waals surface area (Å²) in [5, 5.41) is 2.71. The molecule has 2 heterocycles. The van der Waals surface area contributed by atoms with Crippen LogP contribution in [0.3, 0.4) is 0 Å². The van der Waals surface area contributed by atoms with Gasteiger partial charge >= 0.3 is 11.8 Å². The highest BCUT2D eigenvalue weighted by atomic mass is 16.2. The third kappa shape index (κ3) is 4.83. The van der Waals surface area contributed by atoms with Gasteiger partial charge in [-0.2, -0.15) is 0 Å². The van der Waals surface area contributed by atoms with Gasteiger partial charge < -0.3 is 10.2 Å². The molecule has 2 aromatic rings. The van der Waals surface area contributed by atoms with E-state index in [-0.39, 0.29) is 0 Å². The molecule has 0 aromatic heterocycles. The molecule has 2 amide bonds. The third-order valence-electron chi connectivity index (χ3n) is 5.96. The highest BCUT2D eigenvalue weighted by Crippen LogP contribution is 2.28. The minimum atomic E-state index is -0.560. The zero-order valence-corrected chi connectivity index (χ0v) is 16.5. The number of benzene rings is 2. The second kappa shape index (κ2) is 9.20. The molecule has 152 valence electrons. The standard InChI is InChI=1S/C23H28N4O2/c28-22(25-20-11-5-2-6-12-20)23(29)27-13-7-10-18(16-27)21-19(15-24-26-21)14-17-8-3-1-4-9-17/h1-6,8-9,11-12,18-19,21,24,26H,7,10,13-16H2,(H,25,28). The van der Waals surface area contributed by atoms with Gasteiger partial charge in [-0.05, 0) is 48.8 Å². The first kappa shape index (κ1) is 19.6. The summed E-state index contributed by atoms with van der Waals surface area (Å²) >= 11 is 0. The fourth-order valence-electron chi connectivity index (χ4n) is 4.51. The molecular formula is C23H28N4O2. The van der Waals surface area contributed by atoms with E-state index in [1.165, 1.54) is 5.56 Å². The molecule has 2 saturated heterocycles. The van der Waals surface area contributed by atoms with E-state index in [0.29, 0.717) is 36.7 Å². The van der Waals surface area contributed by atoms with E-state index in [1.54, 1.807) is 17.0 Å².